The maximum Gasteiger partial charge on any atom is 0.251 e. The van der Waals surface area contributed by atoms with Crippen molar-refractivity contribution in [3.05, 3.63) is 35.9 Å². The summed E-state index contributed by atoms with van der Waals surface area (Å²) in [7, 11) is -3.34. The van der Waals surface area contributed by atoms with Crippen LogP contribution in [0.2, 0.25) is 0 Å². The molecule has 0 aliphatic carbocycles. The van der Waals surface area contributed by atoms with E-state index in [-0.39, 0.29) is 5.75 Å². The molecule has 0 heterocycles. The van der Waals surface area contributed by atoms with Crippen molar-refractivity contribution in [3.8, 4) is 0 Å². The van der Waals surface area contributed by atoms with Gasteiger partial charge in [-0.1, -0.05) is 30.3 Å². The Hall–Kier alpha value is -1.36. The van der Waals surface area contributed by atoms with E-state index in [0.717, 1.165) is 5.56 Å². The lowest BCUT2D eigenvalue weighted by Gasteiger charge is -2.02. The third kappa shape index (κ3) is 3.57. The highest BCUT2D eigenvalue weighted by molar-refractivity contribution is 7.88. The number of hydrogen-bond donors (Lipinski definition) is 1. The minimum atomic E-state index is -3.34. The number of sulfonamides is 1. The monoisotopic (exact) mass is 212 g/mol. The van der Waals surface area contributed by atoms with E-state index in [1.165, 1.54) is 6.21 Å². The standard InChI is InChI=1S/C9H12N2O2S/c1-2-10-11-14(12,13)8-9-6-4-3-5-7-9/h2-7,11H,8H2,1H3. The Balaban J connectivity index is 2.69. The average molecular weight is 212 g/mol. The summed E-state index contributed by atoms with van der Waals surface area (Å²) in [5, 5.41) is 3.48. The third-order valence-corrected chi connectivity index (χ3v) is 2.62. The van der Waals surface area contributed by atoms with Crippen LogP contribution in [0.15, 0.2) is 35.4 Å². The maximum atomic E-state index is 11.3. The molecule has 5 heteroatoms. The Morgan fingerprint density at radius 2 is 2.00 bits per heavy atom. The van der Waals surface area contributed by atoms with Crippen molar-refractivity contribution >= 4 is 16.2 Å². The summed E-state index contributed by atoms with van der Waals surface area (Å²) in [5.74, 6) is -0.0504. The predicted octanol–water partition coefficient (Wildman–Crippen LogP) is 1.11. The molecular weight excluding hydrogens is 200 g/mol. The molecule has 1 rings (SSSR count). The van der Waals surface area contributed by atoms with Gasteiger partial charge >= 0.3 is 0 Å². The zero-order chi connectivity index (χ0) is 10.4. The van der Waals surface area contributed by atoms with Gasteiger partial charge in [-0.25, -0.2) is 13.2 Å². The summed E-state index contributed by atoms with van der Waals surface area (Å²) < 4.78 is 22.7. The number of hydrogen-bond acceptors (Lipinski definition) is 3. The normalized spacial score (nSPS) is 11.8. The van der Waals surface area contributed by atoms with Gasteiger partial charge in [0.1, 0.15) is 0 Å². The van der Waals surface area contributed by atoms with Crippen LogP contribution in [0.4, 0.5) is 0 Å². The molecule has 0 unspecified atom stereocenters. The highest BCUT2D eigenvalue weighted by Crippen LogP contribution is 2.03. The third-order valence-electron chi connectivity index (χ3n) is 1.52. The van der Waals surface area contributed by atoms with Crippen LogP contribution >= 0.6 is 0 Å². The molecule has 0 aliphatic heterocycles. The van der Waals surface area contributed by atoms with Crippen molar-refractivity contribution in [1.82, 2.24) is 4.83 Å². The molecule has 0 aliphatic rings. The van der Waals surface area contributed by atoms with Crippen LogP contribution in [0.25, 0.3) is 0 Å². The molecule has 1 N–H and O–H groups in total. The fourth-order valence-electron chi connectivity index (χ4n) is 0.959. The van der Waals surface area contributed by atoms with Gasteiger partial charge < -0.3 is 0 Å². The fourth-order valence-corrected chi connectivity index (χ4v) is 1.92. The van der Waals surface area contributed by atoms with Gasteiger partial charge in [-0.2, -0.15) is 5.10 Å². The van der Waals surface area contributed by atoms with E-state index in [2.05, 4.69) is 9.93 Å². The molecule has 14 heavy (non-hydrogen) atoms. The Bertz CT molecular complexity index is 398. The lowest BCUT2D eigenvalue weighted by molar-refractivity contribution is 0.584. The van der Waals surface area contributed by atoms with Crippen LogP contribution in [-0.2, 0) is 15.8 Å². The van der Waals surface area contributed by atoms with Gasteiger partial charge in [-0.05, 0) is 12.5 Å². The van der Waals surface area contributed by atoms with Gasteiger partial charge in [0.05, 0.1) is 5.75 Å². The SMILES string of the molecule is CC=NNS(=O)(=O)Cc1ccccc1. The topological polar surface area (TPSA) is 58.5 Å². The average Bonchev–Trinajstić information content (AvgIpc) is 2.16. The summed E-state index contributed by atoms with van der Waals surface area (Å²) in [6.07, 6.45) is 1.39. The van der Waals surface area contributed by atoms with Crippen molar-refractivity contribution < 1.29 is 8.42 Å². The molecule has 0 atom stereocenters. The van der Waals surface area contributed by atoms with Gasteiger partial charge in [0, 0.05) is 6.21 Å². The minimum absolute atomic E-state index is 0.0504. The highest BCUT2D eigenvalue weighted by atomic mass is 32.2. The van der Waals surface area contributed by atoms with E-state index >= 15 is 0 Å². The summed E-state index contributed by atoms with van der Waals surface area (Å²) in [5.41, 5.74) is 0.742. The van der Waals surface area contributed by atoms with Crippen molar-refractivity contribution in [2.45, 2.75) is 12.7 Å². The number of nitrogens with one attached hydrogen (secondary N) is 1. The van der Waals surface area contributed by atoms with Crippen LogP contribution in [0.1, 0.15) is 12.5 Å². The summed E-state index contributed by atoms with van der Waals surface area (Å²) >= 11 is 0. The first-order valence-corrected chi connectivity index (χ1v) is 5.80. The van der Waals surface area contributed by atoms with Gasteiger partial charge in [-0.15, -0.1) is 0 Å². The fraction of sp³-hybridized carbons (Fsp3) is 0.222. The van der Waals surface area contributed by atoms with Crippen LogP contribution in [-0.4, -0.2) is 14.6 Å². The molecule has 0 spiro atoms. The van der Waals surface area contributed by atoms with E-state index in [4.69, 9.17) is 0 Å². The largest absolute Gasteiger partial charge is 0.251 e. The minimum Gasteiger partial charge on any atom is -0.205 e. The van der Waals surface area contributed by atoms with Crippen molar-refractivity contribution in [1.29, 1.82) is 0 Å². The highest BCUT2D eigenvalue weighted by Gasteiger charge is 2.08. The second-order valence-corrected chi connectivity index (χ2v) is 4.42. The first-order valence-electron chi connectivity index (χ1n) is 4.15. The summed E-state index contributed by atoms with van der Waals surface area (Å²) in [6.45, 7) is 1.64. The van der Waals surface area contributed by atoms with Gasteiger partial charge in [0.15, 0.2) is 0 Å². The molecule has 0 amide bonds. The van der Waals surface area contributed by atoms with Crippen molar-refractivity contribution in [2.24, 2.45) is 5.10 Å². The van der Waals surface area contributed by atoms with Crippen LogP contribution in [0.3, 0.4) is 0 Å². The van der Waals surface area contributed by atoms with Gasteiger partial charge in [-0.3, -0.25) is 0 Å². The Labute approximate surface area is 83.7 Å². The zero-order valence-electron chi connectivity index (χ0n) is 7.84. The lowest BCUT2D eigenvalue weighted by Crippen LogP contribution is -2.19. The number of benzene rings is 1. The first-order chi connectivity index (χ1) is 6.64. The maximum absolute atomic E-state index is 11.3. The molecule has 1 aromatic carbocycles. The Kier molecular flexibility index (Phi) is 3.64. The quantitative estimate of drug-likeness (QED) is 0.600. The van der Waals surface area contributed by atoms with Crippen LogP contribution < -0.4 is 4.83 Å². The van der Waals surface area contributed by atoms with E-state index in [0.29, 0.717) is 0 Å². The molecule has 0 radical (unpaired) electrons. The molecule has 0 bridgehead atoms. The molecule has 0 saturated heterocycles. The Morgan fingerprint density at radius 3 is 2.57 bits per heavy atom. The molecule has 4 nitrogen and oxygen atoms in total. The smallest absolute Gasteiger partial charge is 0.205 e. The molecule has 0 fully saturated rings. The molecular formula is C9H12N2O2S. The number of rotatable bonds is 4. The first kappa shape index (κ1) is 10.7. The molecule has 0 saturated carbocycles. The van der Waals surface area contributed by atoms with E-state index in [1.807, 2.05) is 6.07 Å². The second kappa shape index (κ2) is 4.76. The van der Waals surface area contributed by atoms with Crippen LogP contribution in [0, 0.1) is 0 Å². The summed E-state index contributed by atoms with van der Waals surface area (Å²) in [4.78, 5) is 2.10. The summed E-state index contributed by atoms with van der Waals surface area (Å²) in [6, 6.07) is 8.96. The van der Waals surface area contributed by atoms with E-state index in [1.54, 1.807) is 31.2 Å². The lowest BCUT2D eigenvalue weighted by atomic mass is 10.2. The van der Waals surface area contributed by atoms with Crippen molar-refractivity contribution in [2.75, 3.05) is 0 Å². The Morgan fingerprint density at radius 1 is 1.36 bits per heavy atom. The predicted molar refractivity (Wildman–Crippen MR) is 56.4 cm³/mol. The van der Waals surface area contributed by atoms with Crippen LogP contribution in [0.5, 0.6) is 0 Å². The van der Waals surface area contributed by atoms with Crippen molar-refractivity contribution in [3.63, 3.8) is 0 Å². The molecule has 76 valence electrons. The number of hydrazone groups is 1. The molecule has 1 aromatic rings. The van der Waals surface area contributed by atoms with Gasteiger partial charge in [0.2, 0.25) is 0 Å². The molecule has 0 aromatic heterocycles. The van der Waals surface area contributed by atoms with Gasteiger partial charge in [0.25, 0.3) is 10.0 Å². The second-order valence-electron chi connectivity index (χ2n) is 2.72. The zero-order valence-corrected chi connectivity index (χ0v) is 8.66. The number of nitrogens with zero attached hydrogens (tertiary/aromatic N) is 1. The van der Waals surface area contributed by atoms with E-state index < -0.39 is 10.0 Å². The van der Waals surface area contributed by atoms with E-state index in [9.17, 15) is 8.42 Å².